The van der Waals surface area contributed by atoms with Gasteiger partial charge in [0, 0.05) is 22.4 Å². The largest absolute Gasteiger partial charge is 0.461 e. The van der Waals surface area contributed by atoms with Crippen molar-refractivity contribution < 1.29 is 9.21 Å². The van der Waals surface area contributed by atoms with Crippen LogP contribution >= 0.6 is 15.9 Å². The molecule has 0 fully saturated rings. The smallest absolute Gasteiger partial charge is 0.229 e. The van der Waals surface area contributed by atoms with E-state index in [0.717, 1.165) is 0 Å². The standard InChI is InChI=1S/C10H6BrNO2/c11-8-6-12-4-3-7(8)10(13)9-2-1-5-14-9/h1-6H. The topological polar surface area (TPSA) is 43.1 Å². The van der Waals surface area contributed by atoms with Crippen LogP contribution in [0.25, 0.3) is 0 Å². The van der Waals surface area contributed by atoms with Gasteiger partial charge in [-0.25, -0.2) is 0 Å². The minimum Gasteiger partial charge on any atom is -0.461 e. The van der Waals surface area contributed by atoms with E-state index in [-0.39, 0.29) is 5.78 Å². The van der Waals surface area contributed by atoms with Crippen molar-refractivity contribution in [3.8, 4) is 0 Å². The molecule has 70 valence electrons. The van der Waals surface area contributed by atoms with Crippen molar-refractivity contribution in [3.05, 3.63) is 52.7 Å². The van der Waals surface area contributed by atoms with Crippen molar-refractivity contribution in [2.24, 2.45) is 0 Å². The molecular formula is C10H6BrNO2. The highest BCUT2D eigenvalue weighted by Gasteiger charge is 2.14. The van der Waals surface area contributed by atoms with E-state index in [4.69, 9.17) is 4.42 Å². The highest BCUT2D eigenvalue weighted by molar-refractivity contribution is 9.10. The Bertz CT molecular complexity index is 451. The lowest BCUT2D eigenvalue weighted by atomic mass is 10.1. The zero-order valence-electron chi connectivity index (χ0n) is 7.11. The molecule has 0 aromatic carbocycles. The van der Waals surface area contributed by atoms with E-state index in [1.807, 2.05) is 0 Å². The number of ketones is 1. The third kappa shape index (κ3) is 1.61. The molecule has 14 heavy (non-hydrogen) atoms. The second-order valence-corrected chi connectivity index (χ2v) is 3.52. The maximum atomic E-state index is 11.8. The van der Waals surface area contributed by atoms with Gasteiger partial charge in [-0.1, -0.05) is 0 Å². The number of halogens is 1. The van der Waals surface area contributed by atoms with Crippen LogP contribution in [0.1, 0.15) is 16.1 Å². The van der Waals surface area contributed by atoms with Crippen LogP contribution in [0.3, 0.4) is 0 Å². The van der Waals surface area contributed by atoms with Gasteiger partial charge in [0.15, 0.2) is 5.76 Å². The fourth-order valence-electron chi connectivity index (χ4n) is 1.10. The van der Waals surface area contributed by atoms with E-state index < -0.39 is 0 Å². The molecule has 0 radical (unpaired) electrons. The number of carbonyl (C=O) groups excluding carboxylic acids is 1. The van der Waals surface area contributed by atoms with Gasteiger partial charge in [-0.15, -0.1) is 0 Å². The summed E-state index contributed by atoms with van der Waals surface area (Å²) >= 11 is 3.26. The summed E-state index contributed by atoms with van der Waals surface area (Å²) in [6, 6.07) is 4.96. The van der Waals surface area contributed by atoms with E-state index in [0.29, 0.717) is 15.8 Å². The Morgan fingerprint density at radius 3 is 2.93 bits per heavy atom. The molecule has 0 amide bonds. The number of hydrogen-bond donors (Lipinski definition) is 0. The lowest BCUT2D eigenvalue weighted by molar-refractivity contribution is 0.101. The summed E-state index contributed by atoms with van der Waals surface area (Å²) in [5, 5.41) is 0. The van der Waals surface area contributed by atoms with Crippen molar-refractivity contribution in [3.63, 3.8) is 0 Å². The van der Waals surface area contributed by atoms with E-state index in [1.54, 1.807) is 30.6 Å². The summed E-state index contributed by atoms with van der Waals surface area (Å²) in [6.45, 7) is 0. The first kappa shape index (κ1) is 9.15. The van der Waals surface area contributed by atoms with Crippen LogP contribution < -0.4 is 0 Å². The van der Waals surface area contributed by atoms with Crippen LogP contribution in [0.15, 0.2) is 45.7 Å². The molecule has 0 aliphatic rings. The number of hydrogen-bond acceptors (Lipinski definition) is 3. The van der Waals surface area contributed by atoms with Crippen LogP contribution in [-0.4, -0.2) is 10.8 Å². The summed E-state index contributed by atoms with van der Waals surface area (Å²) in [5.74, 6) is 0.182. The Morgan fingerprint density at radius 2 is 2.29 bits per heavy atom. The zero-order chi connectivity index (χ0) is 9.97. The predicted molar refractivity (Wildman–Crippen MR) is 54.1 cm³/mol. The zero-order valence-corrected chi connectivity index (χ0v) is 8.69. The highest BCUT2D eigenvalue weighted by Crippen LogP contribution is 2.18. The molecule has 2 aromatic rings. The normalized spacial score (nSPS) is 10.1. The molecule has 0 aliphatic heterocycles. The van der Waals surface area contributed by atoms with Gasteiger partial charge in [0.05, 0.1) is 6.26 Å². The molecule has 4 heteroatoms. The predicted octanol–water partition coefficient (Wildman–Crippen LogP) is 2.67. The van der Waals surface area contributed by atoms with E-state index in [9.17, 15) is 4.79 Å². The van der Waals surface area contributed by atoms with Gasteiger partial charge < -0.3 is 4.42 Å². The SMILES string of the molecule is O=C(c1ccco1)c1ccncc1Br. The van der Waals surface area contributed by atoms with Gasteiger partial charge in [-0.05, 0) is 34.1 Å². The Hall–Kier alpha value is -1.42. The summed E-state index contributed by atoms with van der Waals surface area (Å²) < 4.78 is 5.68. The van der Waals surface area contributed by atoms with Crippen LogP contribution in [0.5, 0.6) is 0 Å². The van der Waals surface area contributed by atoms with Crippen LogP contribution in [0, 0.1) is 0 Å². The van der Waals surface area contributed by atoms with Gasteiger partial charge in [0.25, 0.3) is 0 Å². The van der Waals surface area contributed by atoms with E-state index in [2.05, 4.69) is 20.9 Å². The first-order chi connectivity index (χ1) is 6.79. The van der Waals surface area contributed by atoms with Crippen LogP contribution in [0.2, 0.25) is 0 Å². The van der Waals surface area contributed by atoms with Gasteiger partial charge >= 0.3 is 0 Å². The Kier molecular flexibility index (Phi) is 2.45. The van der Waals surface area contributed by atoms with Gasteiger partial charge in [0.2, 0.25) is 5.78 Å². The quantitative estimate of drug-likeness (QED) is 0.771. The van der Waals surface area contributed by atoms with Gasteiger partial charge in [-0.2, -0.15) is 0 Å². The molecule has 0 aliphatic carbocycles. The first-order valence-corrected chi connectivity index (χ1v) is 4.76. The summed E-state index contributed by atoms with van der Waals surface area (Å²) in [6.07, 6.45) is 4.62. The lowest BCUT2D eigenvalue weighted by Gasteiger charge is -1.99. The third-order valence-corrected chi connectivity index (χ3v) is 2.39. The molecule has 0 N–H and O–H groups in total. The van der Waals surface area contributed by atoms with Crippen LogP contribution in [0.4, 0.5) is 0 Å². The molecule has 2 heterocycles. The molecular weight excluding hydrogens is 246 g/mol. The van der Waals surface area contributed by atoms with Crippen molar-refractivity contribution in [2.75, 3.05) is 0 Å². The average Bonchev–Trinajstić information content (AvgIpc) is 2.70. The van der Waals surface area contributed by atoms with E-state index in [1.165, 1.54) is 6.26 Å². The minimum absolute atomic E-state index is 0.149. The Morgan fingerprint density at radius 1 is 1.43 bits per heavy atom. The van der Waals surface area contributed by atoms with Crippen LogP contribution in [-0.2, 0) is 0 Å². The molecule has 3 nitrogen and oxygen atoms in total. The summed E-state index contributed by atoms with van der Waals surface area (Å²) in [4.78, 5) is 15.7. The van der Waals surface area contributed by atoms with E-state index >= 15 is 0 Å². The Labute approximate surface area is 88.9 Å². The number of pyridine rings is 1. The second kappa shape index (κ2) is 3.75. The van der Waals surface area contributed by atoms with Crippen molar-refractivity contribution in [2.45, 2.75) is 0 Å². The Balaban J connectivity index is 2.42. The van der Waals surface area contributed by atoms with Gasteiger partial charge in [-0.3, -0.25) is 9.78 Å². The molecule has 0 unspecified atom stereocenters. The average molecular weight is 252 g/mol. The molecule has 2 rings (SSSR count). The maximum Gasteiger partial charge on any atom is 0.229 e. The maximum absolute atomic E-state index is 11.8. The molecule has 0 spiro atoms. The fourth-order valence-corrected chi connectivity index (χ4v) is 1.53. The molecule has 0 atom stereocenters. The molecule has 0 saturated heterocycles. The molecule has 0 saturated carbocycles. The van der Waals surface area contributed by atoms with Crippen molar-refractivity contribution in [1.29, 1.82) is 0 Å². The number of furan rings is 1. The lowest BCUT2D eigenvalue weighted by Crippen LogP contribution is -2.00. The third-order valence-electron chi connectivity index (χ3n) is 1.76. The first-order valence-electron chi connectivity index (χ1n) is 3.97. The number of carbonyl (C=O) groups is 1. The number of rotatable bonds is 2. The second-order valence-electron chi connectivity index (χ2n) is 2.66. The van der Waals surface area contributed by atoms with Crippen molar-refractivity contribution in [1.82, 2.24) is 4.98 Å². The molecule has 0 bridgehead atoms. The fraction of sp³-hybridized carbons (Fsp3) is 0. The minimum atomic E-state index is -0.149. The number of aromatic nitrogens is 1. The monoisotopic (exact) mass is 251 g/mol. The summed E-state index contributed by atoms with van der Waals surface area (Å²) in [7, 11) is 0. The molecule has 2 aromatic heterocycles. The van der Waals surface area contributed by atoms with Crippen molar-refractivity contribution >= 4 is 21.7 Å². The van der Waals surface area contributed by atoms with Gasteiger partial charge in [0.1, 0.15) is 0 Å². The highest BCUT2D eigenvalue weighted by atomic mass is 79.9. The summed E-state index contributed by atoms with van der Waals surface area (Å²) in [5.41, 5.74) is 0.551. The number of nitrogens with zero attached hydrogens (tertiary/aromatic N) is 1.